The molecule has 0 aromatic heterocycles. The number of carboxylic acid groups (broad SMARTS) is 1. The highest BCUT2D eigenvalue weighted by Gasteiger charge is 2.26. The summed E-state index contributed by atoms with van der Waals surface area (Å²) in [7, 11) is 0. The van der Waals surface area contributed by atoms with E-state index < -0.39 is 12.0 Å². The molecule has 0 bridgehead atoms. The van der Waals surface area contributed by atoms with Gasteiger partial charge in [0.15, 0.2) is 11.5 Å². The molecule has 6 heteroatoms. The Morgan fingerprint density at radius 3 is 2.59 bits per heavy atom. The molecule has 1 atom stereocenters. The predicted octanol–water partition coefficient (Wildman–Crippen LogP) is 3.49. The second-order valence-corrected chi connectivity index (χ2v) is 6.17. The minimum Gasteiger partial charge on any atom is -0.489 e. The number of carboxylic acids is 1. The summed E-state index contributed by atoms with van der Waals surface area (Å²) >= 11 is 6.33. The summed E-state index contributed by atoms with van der Waals surface area (Å²) in [5.74, 6) is 0.526. The Morgan fingerprint density at radius 2 is 2.00 bits per heavy atom. The molecule has 2 rings (SSSR count). The van der Waals surface area contributed by atoms with Crippen LogP contribution in [0.25, 0.3) is 0 Å². The summed E-state index contributed by atoms with van der Waals surface area (Å²) in [5.41, 5.74) is 8.00. The van der Waals surface area contributed by atoms with Crippen LogP contribution in [0.1, 0.15) is 56.2 Å². The van der Waals surface area contributed by atoms with Gasteiger partial charge in [0, 0.05) is 24.4 Å². The maximum absolute atomic E-state index is 10.8. The zero-order valence-electron chi connectivity index (χ0n) is 12.9. The molecule has 0 aliphatic carbocycles. The van der Waals surface area contributed by atoms with E-state index in [1.54, 1.807) is 6.07 Å². The number of halogens is 1. The van der Waals surface area contributed by atoms with E-state index in [-0.39, 0.29) is 12.3 Å². The van der Waals surface area contributed by atoms with Crippen molar-refractivity contribution in [1.82, 2.24) is 0 Å². The van der Waals surface area contributed by atoms with Crippen LogP contribution in [0.4, 0.5) is 0 Å². The number of hydrogen-bond acceptors (Lipinski definition) is 4. The Bertz CT molecular complexity index is 560. The summed E-state index contributed by atoms with van der Waals surface area (Å²) in [6.45, 7) is 5.22. The second kappa shape index (κ2) is 7.20. The first kappa shape index (κ1) is 16.9. The van der Waals surface area contributed by atoms with Gasteiger partial charge >= 0.3 is 5.97 Å². The molecule has 1 aromatic rings. The lowest BCUT2D eigenvalue weighted by atomic mass is 9.90. The van der Waals surface area contributed by atoms with Crippen molar-refractivity contribution in [3.63, 3.8) is 0 Å². The van der Waals surface area contributed by atoms with Crippen molar-refractivity contribution >= 4 is 17.6 Å². The maximum atomic E-state index is 10.8. The molecule has 0 amide bonds. The van der Waals surface area contributed by atoms with Crippen LogP contribution in [0.15, 0.2) is 6.07 Å². The molecular weight excluding hydrogens is 306 g/mol. The SMILES string of the molecule is CC(C)c1c(C(N)CCC(=O)O)cc(Cl)c2c1OCCCO2. The summed E-state index contributed by atoms with van der Waals surface area (Å²) in [6, 6.07) is 1.39. The molecule has 1 aromatic carbocycles. The van der Waals surface area contributed by atoms with Crippen molar-refractivity contribution in [2.75, 3.05) is 13.2 Å². The summed E-state index contributed by atoms with van der Waals surface area (Å²) in [4.78, 5) is 10.8. The summed E-state index contributed by atoms with van der Waals surface area (Å²) in [6.07, 6.45) is 1.17. The van der Waals surface area contributed by atoms with E-state index in [2.05, 4.69) is 0 Å². The fourth-order valence-corrected chi connectivity index (χ4v) is 2.92. The fraction of sp³-hybridized carbons (Fsp3) is 0.562. The highest BCUT2D eigenvalue weighted by atomic mass is 35.5. The molecule has 3 N–H and O–H groups in total. The van der Waals surface area contributed by atoms with Crippen molar-refractivity contribution in [2.45, 2.75) is 45.1 Å². The van der Waals surface area contributed by atoms with Gasteiger partial charge in [0.05, 0.1) is 18.2 Å². The van der Waals surface area contributed by atoms with E-state index in [1.807, 2.05) is 13.8 Å². The van der Waals surface area contributed by atoms with Gasteiger partial charge in [-0.2, -0.15) is 0 Å². The molecule has 1 unspecified atom stereocenters. The average molecular weight is 328 g/mol. The third kappa shape index (κ3) is 3.65. The molecule has 0 spiro atoms. The number of hydrogen-bond donors (Lipinski definition) is 2. The van der Waals surface area contributed by atoms with Crippen LogP contribution in [-0.4, -0.2) is 24.3 Å². The number of aliphatic carboxylic acids is 1. The molecule has 22 heavy (non-hydrogen) atoms. The van der Waals surface area contributed by atoms with Gasteiger partial charge in [0.25, 0.3) is 0 Å². The van der Waals surface area contributed by atoms with E-state index in [4.69, 9.17) is 31.9 Å². The smallest absolute Gasteiger partial charge is 0.303 e. The lowest BCUT2D eigenvalue weighted by molar-refractivity contribution is -0.137. The number of carbonyl (C=O) groups is 1. The van der Waals surface area contributed by atoms with Crippen LogP contribution in [0, 0.1) is 0 Å². The summed E-state index contributed by atoms with van der Waals surface area (Å²) in [5, 5.41) is 9.31. The van der Waals surface area contributed by atoms with Gasteiger partial charge in [-0.1, -0.05) is 25.4 Å². The molecule has 1 aliphatic rings. The first-order valence-electron chi connectivity index (χ1n) is 7.51. The number of fused-ring (bicyclic) bond motifs is 1. The average Bonchev–Trinajstić information content (AvgIpc) is 2.70. The first-order valence-corrected chi connectivity index (χ1v) is 7.88. The van der Waals surface area contributed by atoms with E-state index >= 15 is 0 Å². The van der Waals surface area contributed by atoms with Crippen LogP contribution >= 0.6 is 11.6 Å². The van der Waals surface area contributed by atoms with Gasteiger partial charge in [0.1, 0.15) is 0 Å². The number of rotatable bonds is 5. The fourth-order valence-electron chi connectivity index (χ4n) is 2.66. The summed E-state index contributed by atoms with van der Waals surface area (Å²) < 4.78 is 11.6. The Balaban J connectivity index is 2.47. The van der Waals surface area contributed by atoms with Crippen LogP contribution in [0.3, 0.4) is 0 Å². The van der Waals surface area contributed by atoms with Crippen molar-refractivity contribution in [3.8, 4) is 11.5 Å². The van der Waals surface area contributed by atoms with E-state index in [9.17, 15) is 4.79 Å². The Kier molecular flexibility index (Phi) is 5.53. The minimum absolute atomic E-state index is 0.0186. The molecule has 0 saturated carbocycles. The van der Waals surface area contributed by atoms with Crippen molar-refractivity contribution < 1.29 is 19.4 Å². The lowest BCUT2D eigenvalue weighted by Crippen LogP contribution is -2.16. The molecular formula is C16H22ClNO4. The van der Waals surface area contributed by atoms with Crippen LogP contribution in [-0.2, 0) is 4.79 Å². The normalized spacial score (nSPS) is 15.5. The third-order valence-corrected chi connectivity index (χ3v) is 3.97. The minimum atomic E-state index is -0.859. The first-order chi connectivity index (χ1) is 10.4. The zero-order valence-corrected chi connectivity index (χ0v) is 13.7. The monoisotopic (exact) mass is 327 g/mol. The van der Waals surface area contributed by atoms with Crippen LogP contribution < -0.4 is 15.2 Å². The number of nitrogens with two attached hydrogens (primary N) is 1. The highest BCUT2D eigenvalue weighted by Crippen LogP contribution is 2.46. The van der Waals surface area contributed by atoms with Gasteiger partial charge in [-0.3, -0.25) is 4.79 Å². The Morgan fingerprint density at radius 1 is 1.36 bits per heavy atom. The van der Waals surface area contributed by atoms with Crippen molar-refractivity contribution in [3.05, 3.63) is 22.2 Å². The molecule has 5 nitrogen and oxygen atoms in total. The molecule has 122 valence electrons. The maximum Gasteiger partial charge on any atom is 0.303 e. The van der Waals surface area contributed by atoms with E-state index in [1.165, 1.54) is 0 Å². The molecule has 0 saturated heterocycles. The predicted molar refractivity (Wildman–Crippen MR) is 84.9 cm³/mol. The molecule has 0 radical (unpaired) electrons. The zero-order chi connectivity index (χ0) is 16.3. The topological polar surface area (TPSA) is 81.8 Å². The van der Waals surface area contributed by atoms with Crippen LogP contribution in [0.2, 0.25) is 5.02 Å². The van der Waals surface area contributed by atoms with Gasteiger partial charge in [-0.05, 0) is 24.0 Å². The van der Waals surface area contributed by atoms with Gasteiger partial charge < -0.3 is 20.3 Å². The molecule has 1 heterocycles. The van der Waals surface area contributed by atoms with Crippen molar-refractivity contribution in [2.24, 2.45) is 5.73 Å². The van der Waals surface area contributed by atoms with Crippen LogP contribution in [0.5, 0.6) is 11.5 Å². The molecule has 0 fully saturated rings. The highest BCUT2D eigenvalue weighted by molar-refractivity contribution is 6.32. The number of ether oxygens (including phenoxy) is 2. The van der Waals surface area contributed by atoms with E-state index in [0.29, 0.717) is 36.2 Å². The lowest BCUT2D eigenvalue weighted by Gasteiger charge is -2.23. The second-order valence-electron chi connectivity index (χ2n) is 5.76. The standard InChI is InChI=1S/C16H22ClNO4/c1-9(2)14-10(12(18)4-5-13(19)20)8-11(17)15-16(14)22-7-3-6-21-15/h8-9,12H,3-7,18H2,1-2H3,(H,19,20). The quantitative estimate of drug-likeness (QED) is 0.865. The third-order valence-electron chi connectivity index (χ3n) is 3.69. The Hall–Kier alpha value is -1.46. The van der Waals surface area contributed by atoms with Gasteiger partial charge in [-0.25, -0.2) is 0 Å². The largest absolute Gasteiger partial charge is 0.489 e. The Labute approximate surface area is 135 Å². The van der Waals surface area contributed by atoms with Crippen molar-refractivity contribution in [1.29, 1.82) is 0 Å². The van der Waals surface area contributed by atoms with Gasteiger partial charge in [0.2, 0.25) is 0 Å². The number of benzene rings is 1. The van der Waals surface area contributed by atoms with Gasteiger partial charge in [-0.15, -0.1) is 0 Å². The van der Waals surface area contributed by atoms with E-state index in [0.717, 1.165) is 17.5 Å². The molecule has 1 aliphatic heterocycles.